The Bertz CT molecular complexity index is 557. The molecular weight excluding hydrogens is 248 g/mol. The number of carbonyl (C=O) groups excluding carboxylic acids is 1. The highest BCUT2D eigenvalue weighted by molar-refractivity contribution is 5.91. The Kier molecular flexibility index (Phi) is 4.94. The first-order valence-corrected chi connectivity index (χ1v) is 7.11. The highest BCUT2D eigenvalue weighted by Gasteiger charge is 2.13. The molecule has 0 amide bonds. The van der Waals surface area contributed by atoms with Crippen LogP contribution >= 0.6 is 0 Å². The first-order valence-electron chi connectivity index (χ1n) is 7.11. The summed E-state index contributed by atoms with van der Waals surface area (Å²) in [4.78, 5) is 12.1. The van der Waals surface area contributed by atoms with E-state index in [4.69, 9.17) is 4.74 Å². The predicted octanol–water partition coefficient (Wildman–Crippen LogP) is 4.70. The molecule has 2 aromatic carbocycles. The summed E-state index contributed by atoms with van der Waals surface area (Å²) < 4.78 is 5.49. The minimum absolute atomic E-state index is 0.00267. The highest BCUT2D eigenvalue weighted by Crippen LogP contribution is 2.20. The van der Waals surface area contributed by atoms with Crippen molar-refractivity contribution in [2.45, 2.75) is 32.8 Å². The van der Waals surface area contributed by atoms with Gasteiger partial charge < -0.3 is 4.74 Å². The van der Waals surface area contributed by atoms with Gasteiger partial charge in [-0.3, -0.25) is 0 Å². The molecule has 0 aliphatic carbocycles. The molecule has 0 saturated heterocycles. The second-order valence-electron chi connectivity index (χ2n) is 4.79. The second kappa shape index (κ2) is 6.90. The van der Waals surface area contributed by atoms with Crippen LogP contribution in [0.1, 0.15) is 37.0 Å². The van der Waals surface area contributed by atoms with Crippen molar-refractivity contribution in [2.75, 3.05) is 0 Å². The Balaban J connectivity index is 2.20. The average molecular weight is 268 g/mol. The van der Waals surface area contributed by atoms with Gasteiger partial charge in [0.1, 0.15) is 6.10 Å². The third-order valence-corrected chi connectivity index (χ3v) is 3.39. The standard InChI is InChI=1S/C18H20O2/c1-3-17(4-2)20-18(19)16-12-8-11-15(13-16)14-9-6-5-7-10-14/h5-13,17H,3-4H2,1-2H3. The molecule has 0 aliphatic rings. The Morgan fingerprint density at radius 1 is 0.950 bits per heavy atom. The number of carbonyl (C=O) groups is 1. The van der Waals surface area contributed by atoms with Gasteiger partial charge in [-0.15, -0.1) is 0 Å². The third kappa shape index (κ3) is 3.47. The molecule has 0 N–H and O–H groups in total. The van der Waals surface area contributed by atoms with Crippen LogP contribution in [0, 0.1) is 0 Å². The van der Waals surface area contributed by atoms with E-state index >= 15 is 0 Å². The molecule has 0 aliphatic heterocycles. The summed E-state index contributed by atoms with van der Waals surface area (Å²) in [5, 5.41) is 0. The van der Waals surface area contributed by atoms with Crippen LogP contribution < -0.4 is 0 Å². The molecule has 0 fully saturated rings. The first-order chi connectivity index (χ1) is 9.74. The number of rotatable bonds is 5. The number of hydrogen-bond acceptors (Lipinski definition) is 2. The lowest BCUT2D eigenvalue weighted by atomic mass is 10.0. The molecule has 0 unspecified atom stereocenters. The van der Waals surface area contributed by atoms with Gasteiger partial charge in [0.2, 0.25) is 0 Å². The molecule has 2 rings (SSSR count). The summed E-state index contributed by atoms with van der Waals surface area (Å²) >= 11 is 0. The summed E-state index contributed by atoms with van der Waals surface area (Å²) in [5.74, 6) is -0.239. The van der Waals surface area contributed by atoms with Crippen molar-refractivity contribution < 1.29 is 9.53 Å². The Morgan fingerprint density at radius 2 is 1.60 bits per heavy atom. The van der Waals surface area contributed by atoms with E-state index in [9.17, 15) is 4.79 Å². The van der Waals surface area contributed by atoms with Gasteiger partial charge in [0.05, 0.1) is 5.56 Å². The maximum Gasteiger partial charge on any atom is 0.338 e. The van der Waals surface area contributed by atoms with Crippen molar-refractivity contribution in [2.24, 2.45) is 0 Å². The highest BCUT2D eigenvalue weighted by atomic mass is 16.5. The van der Waals surface area contributed by atoms with Crippen LogP contribution in [-0.4, -0.2) is 12.1 Å². The molecule has 0 radical (unpaired) electrons. The van der Waals surface area contributed by atoms with Gasteiger partial charge in [-0.1, -0.05) is 56.3 Å². The van der Waals surface area contributed by atoms with Gasteiger partial charge in [-0.2, -0.15) is 0 Å². The van der Waals surface area contributed by atoms with Crippen LogP contribution in [0.2, 0.25) is 0 Å². The Hall–Kier alpha value is -2.09. The SMILES string of the molecule is CCC(CC)OC(=O)c1cccc(-c2ccccc2)c1. The molecule has 0 bridgehead atoms. The fraction of sp³-hybridized carbons (Fsp3) is 0.278. The van der Waals surface area contributed by atoms with Crippen LogP contribution in [0.4, 0.5) is 0 Å². The van der Waals surface area contributed by atoms with Crippen LogP contribution in [0.15, 0.2) is 54.6 Å². The molecule has 2 nitrogen and oxygen atoms in total. The maximum absolute atomic E-state index is 12.1. The van der Waals surface area contributed by atoms with E-state index in [2.05, 4.69) is 0 Å². The zero-order valence-corrected chi connectivity index (χ0v) is 12.0. The Morgan fingerprint density at radius 3 is 2.25 bits per heavy atom. The van der Waals surface area contributed by atoms with Gasteiger partial charge in [-0.25, -0.2) is 4.79 Å². The van der Waals surface area contributed by atoms with Crippen LogP contribution in [0.25, 0.3) is 11.1 Å². The molecule has 2 heteroatoms. The number of benzene rings is 2. The number of esters is 1. The summed E-state index contributed by atoms with van der Waals surface area (Å²) in [6, 6.07) is 17.6. The molecule has 0 aromatic heterocycles. The van der Waals surface area contributed by atoms with Crippen molar-refractivity contribution in [1.82, 2.24) is 0 Å². The fourth-order valence-corrected chi connectivity index (χ4v) is 2.13. The fourth-order valence-electron chi connectivity index (χ4n) is 2.13. The first kappa shape index (κ1) is 14.3. The van der Waals surface area contributed by atoms with Gasteiger partial charge in [-0.05, 0) is 36.1 Å². The molecule has 0 saturated carbocycles. The van der Waals surface area contributed by atoms with E-state index in [-0.39, 0.29) is 12.1 Å². The van der Waals surface area contributed by atoms with Gasteiger partial charge in [0.15, 0.2) is 0 Å². The quantitative estimate of drug-likeness (QED) is 0.735. The normalized spacial score (nSPS) is 10.6. The van der Waals surface area contributed by atoms with E-state index in [1.165, 1.54) is 0 Å². The van der Waals surface area contributed by atoms with Crippen molar-refractivity contribution in [1.29, 1.82) is 0 Å². The summed E-state index contributed by atoms with van der Waals surface area (Å²) in [7, 11) is 0. The molecule has 104 valence electrons. The van der Waals surface area contributed by atoms with Gasteiger partial charge >= 0.3 is 5.97 Å². The van der Waals surface area contributed by atoms with Crippen molar-refractivity contribution >= 4 is 5.97 Å². The zero-order valence-electron chi connectivity index (χ0n) is 12.0. The van der Waals surface area contributed by atoms with Crippen molar-refractivity contribution in [3.05, 3.63) is 60.2 Å². The lowest BCUT2D eigenvalue weighted by Gasteiger charge is -2.14. The maximum atomic E-state index is 12.1. The number of hydrogen-bond donors (Lipinski definition) is 0. The third-order valence-electron chi connectivity index (χ3n) is 3.39. The largest absolute Gasteiger partial charge is 0.459 e. The molecule has 0 heterocycles. The van der Waals surface area contributed by atoms with Crippen LogP contribution in [0.3, 0.4) is 0 Å². The smallest absolute Gasteiger partial charge is 0.338 e. The van der Waals surface area contributed by atoms with Crippen molar-refractivity contribution in [3.63, 3.8) is 0 Å². The molecule has 2 aromatic rings. The Labute approximate surface area is 120 Å². The summed E-state index contributed by atoms with van der Waals surface area (Å²) in [6.07, 6.45) is 1.70. The molecule has 0 atom stereocenters. The molecule has 20 heavy (non-hydrogen) atoms. The van der Waals surface area contributed by atoms with Gasteiger partial charge in [0.25, 0.3) is 0 Å². The van der Waals surface area contributed by atoms with Crippen LogP contribution in [0.5, 0.6) is 0 Å². The molecular formula is C18H20O2. The minimum atomic E-state index is -0.239. The average Bonchev–Trinajstić information content (AvgIpc) is 2.53. The predicted molar refractivity (Wildman–Crippen MR) is 81.7 cm³/mol. The van der Waals surface area contributed by atoms with E-state index in [0.717, 1.165) is 24.0 Å². The summed E-state index contributed by atoms with van der Waals surface area (Å²) in [5.41, 5.74) is 2.74. The molecule has 0 spiro atoms. The van der Waals surface area contributed by atoms with Crippen molar-refractivity contribution in [3.8, 4) is 11.1 Å². The second-order valence-corrected chi connectivity index (χ2v) is 4.79. The van der Waals surface area contributed by atoms with Crippen LogP contribution in [-0.2, 0) is 4.74 Å². The van der Waals surface area contributed by atoms with E-state index in [1.807, 2.05) is 62.4 Å². The van der Waals surface area contributed by atoms with E-state index in [0.29, 0.717) is 5.56 Å². The number of ether oxygens (including phenoxy) is 1. The van der Waals surface area contributed by atoms with Gasteiger partial charge in [0, 0.05) is 0 Å². The lowest BCUT2D eigenvalue weighted by Crippen LogP contribution is -2.16. The zero-order chi connectivity index (χ0) is 14.4. The monoisotopic (exact) mass is 268 g/mol. The van der Waals surface area contributed by atoms with E-state index in [1.54, 1.807) is 6.07 Å². The van der Waals surface area contributed by atoms with E-state index < -0.39 is 0 Å². The summed E-state index contributed by atoms with van der Waals surface area (Å²) in [6.45, 7) is 4.06. The lowest BCUT2D eigenvalue weighted by molar-refractivity contribution is 0.0284. The minimum Gasteiger partial charge on any atom is -0.459 e. The topological polar surface area (TPSA) is 26.3 Å².